The first-order valence-corrected chi connectivity index (χ1v) is 20.1. The molecular weight excluding hydrogens is 710 g/mol. The molecule has 6 aromatic rings. The second-order valence-electron chi connectivity index (χ2n) is 10.3. The van der Waals surface area contributed by atoms with Crippen LogP contribution in [0.2, 0.25) is 0 Å². The topological polar surface area (TPSA) is 18.5 Å². The molecule has 6 rings (SSSR count). The molecule has 6 aromatic carbocycles. The van der Waals surface area contributed by atoms with Crippen molar-refractivity contribution < 1.29 is 8.83 Å². The van der Waals surface area contributed by atoms with Gasteiger partial charge in [-0.15, -0.1) is 0 Å². The first-order chi connectivity index (χ1) is 21.6. The number of hydrogen-bond acceptors (Lipinski definition) is 2. The Kier molecular flexibility index (Phi) is 9.59. The summed E-state index contributed by atoms with van der Waals surface area (Å²) in [6, 6.07) is 63.8. The zero-order valence-electron chi connectivity index (χ0n) is 24.1. The van der Waals surface area contributed by atoms with Crippen molar-refractivity contribution >= 4 is 78.2 Å². The van der Waals surface area contributed by atoms with Crippen molar-refractivity contribution in [1.29, 1.82) is 0 Å². The molecule has 0 heterocycles. The first-order valence-electron chi connectivity index (χ1n) is 14.5. The molecule has 0 atom stereocenters. The van der Waals surface area contributed by atoms with Crippen LogP contribution in [0.5, 0.6) is 0 Å². The Morgan fingerprint density at radius 3 is 0.977 bits per heavy atom. The fraction of sp³-hybridized carbons (Fsp3) is 0.0526. The van der Waals surface area contributed by atoms with Gasteiger partial charge in [0.05, 0.1) is 0 Å². The molecule has 0 radical (unpaired) electrons. The quantitative estimate of drug-likeness (QED) is 0.0981. The molecule has 0 unspecified atom stereocenters. The van der Waals surface area contributed by atoms with Gasteiger partial charge in [-0.05, 0) is 0 Å². The third kappa shape index (κ3) is 5.54. The van der Waals surface area contributed by atoms with E-state index in [4.69, 9.17) is 8.83 Å². The van der Waals surface area contributed by atoms with E-state index in [9.17, 15) is 0 Å². The van der Waals surface area contributed by atoms with Gasteiger partial charge in [-0.2, -0.15) is 0 Å². The Morgan fingerprint density at radius 1 is 0.432 bits per heavy atom. The zero-order valence-corrected chi connectivity index (χ0v) is 29.0. The number of alkyl halides is 2. The van der Waals surface area contributed by atoms with E-state index in [0.29, 0.717) is 6.61 Å². The molecule has 0 spiro atoms. The minimum absolute atomic E-state index is 0.103. The summed E-state index contributed by atoms with van der Waals surface area (Å²) in [6.45, 7) is 0.356. The minimum atomic E-state index is -4.28. The first kappa shape index (κ1) is 31.1. The fourth-order valence-corrected chi connectivity index (χ4v) is 17.4. The average Bonchev–Trinajstić information content (AvgIpc) is 3.11. The summed E-state index contributed by atoms with van der Waals surface area (Å²) in [7, 11) is -7.17. The van der Waals surface area contributed by atoms with E-state index in [1.807, 2.05) is 0 Å². The van der Waals surface area contributed by atoms with Gasteiger partial charge in [-0.25, -0.2) is 0 Å². The number of hydrogen-bond donors (Lipinski definition) is 0. The third-order valence-corrected chi connectivity index (χ3v) is 17.9. The van der Waals surface area contributed by atoms with Gasteiger partial charge in [0, 0.05) is 0 Å². The predicted molar refractivity (Wildman–Crippen MR) is 199 cm³/mol. The van der Waals surface area contributed by atoms with Gasteiger partial charge < -0.3 is 0 Å². The Hall–Kier alpha value is -2.94. The summed E-state index contributed by atoms with van der Waals surface area (Å²) in [5, 5.41) is 6.36. The van der Waals surface area contributed by atoms with Crippen molar-refractivity contribution in [1.82, 2.24) is 0 Å². The monoisotopic (exact) mass is 741 g/mol. The third-order valence-electron chi connectivity index (χ3n) is 7.76. The molecule has 220 valence electrons. The Labute approximate surface area is 277 Å². The normalized spacial score (nSPS) is 12.8. The fourth-order valence-electron chi connectivity index (χ4n) is 5.87. The Balaban J connectivity index is 1.85. The summed E-state index contributed by atoms with van der Waals surface area (Å²) in [5.41, 5.74) is 0. The van der Waals surface area contributed by atoms with Crippen LogP contribution in [-0.2, 0) is 8.83 Å². The molecule has 0 N–H and O–H groups in total. The molecule has 0 aliphatic carbocycles. The van der Waals surface area contributed by atoms with Crippen LogP contribution in [0.25, 0.3) is 0 Å². The van der Waals surface area contributed by atoms with Crippen molar-refractivity contribution in [2.75, 3.05) is 6.61 Å². The van der Waals surface area contributed by atoms with Crippen molar-refractivity contribution in [2.45, 2.75) is 3.74 Å². The summed E-state index contributed by atoms with van der Waals surface area (Å²) in [4.78, 5) is 0. The van der Waals surface area contributed by atoms with E-state index >= 15 is 0 Å². The van der Waals surface area contributed by atoms with Crippen LogP contribution in [0.15, 0.2) is 182 Å². The van der Waals surface area contributed by atoms with E-state index in [-0.39, 0.29) is 3.74 Å². The second-order valence-corrected chi connectivity index (χ2v) is 20.9. The van der Waals surface area contributed by atoms with Crippen LogP contribution >= 0.6 is 46.4 Å². The molecule has 0 aromatic heterocycles. The molecule has 0 saturated heterocycles. The maximum atomic E-state index is 8.46. The molecule has 0 fully saturated rings. The van der Waals surface area contributed by atoms with Crippen molar-refractivity contribution in [2.24, 2.45) is 0 Å². The molecule has 0 aliphatic heterocycles. The van der Waals surface area contributed by atoms with E-state index in [1.165, 1.54) is 0 Å². The molecule has 0 amide bonds. The number of halogens is 2. The summed E-state index contributed by atoms with van der Waals surface area (Å²) < 4.78 is 16.0. The van der Waals surface area contributed by atoms with Crippen molar-refractivity contribution in [3.63, 3.8) is 0 Å². The van der Waals surface area contributed by atoms with Gasteiger partial charge in [-0.1, -0.05) is 0 Å². The molecule has 0 saturated carbocycles. The van der Waals surface area contributed by atoms with Gasteiger partial charge in [0.25, 0.3) is 0 Å². The van der Waals surface area contributed by atoms with Crippen molar-refractivity contribution in [3.8, 4) is 0 Å². The molecule has 44 heavy (non-hydrogen) atoms. The van der Waals surface area contributed by atoms with Gasteiger partial charge >= 0.3 is 279 Å². The molecule has 0 aliphatic rings. The van der Waals surface area contributed by atoms with Crippen LogP contribution in [0, 0.1) is 0 Å². The van der Waals surface area contributed by atoms with E-state index in [2.05, 4.69) is 214 Å². The standard InChI is InChI=1S/C38H33Br2O2P2/c39-38(40)31-41-44(35-25-13-4-14-26-35,36-27-15-5-16-28-36,37-29-17-6-18-30-37)42-43(32-19-7-1-8-20-32,33-21-9-2-10-22-33)34-23-11-3-12-24-34/h1-30,38H,31H2/q+1. The van der Waals surface area contributed by atoms with Crippen LogP contribution in [0.4, 0.5) is 0 Å². The molecular formula is C38H33Br2O2P2+. The average molecular weight is 743 g/mol. The molecule has 0 bridgehead atoms. The predicted octanol–water partition coefficient (Wildman–Crippen LogP) is 8.40. The summed E-state index contributed by atoms with van der Waals surface area (Å²) >= 11 is 7.50. The number of rotatable bonds is 11. The number of benzene rings is 6. The Morgan fingerprint density at radius 2 is 0.705 bits per heavy atom. The molecule has 6 heteroatoms. The summed E-state index contributed by atoms with van der Waals surface area (Å²) in [6.07, 6.45) is 0. The zero-order chi connectivity index (χ0) is 30.3. The summed E-state index contributed by atoms with van der Waals surface area (Å²) in [5.74, 6) is 0. The van der Waals surface area contributed by atoms with E-state index in [0.717, 1.165) is 31.8 Å². The van der Waals surface area contributed by atoms with E-state index < -0.39 is 14.5 Å². The van der Waals surface area contributed by atoms with Gasteiger partial charge in [0.2, 0.25) is 0 Å². The Bertz CT molecular complexity index is 1560. The van der Waals surface area contributed by atoms with Crippen LogP contribution < -0.4 is 31.8 Å². The van der Waals surface area contributed by atoms with Gasteiger partial charge in [0.15, 0.2) is 0 Å². The van der Waals surface area contributed by atoms with Gasteiger partial charge in [-0.3, -0.25) is 0 Å². The molecule has 2 nitrogen and oxygen atoms in total. The second kappa shape index (κ2) is 13.6. The maximum absolute atomic E-state index is 8.46. The SMILES string of the molecule is BrC(Br)COP(O[P+](c1ccccc1)(c1ccccc1)c1ccccc1)(c1ccccc1)(c1ccccc1)c1ccccc1. The van der Waals surface area contributed by atoms with Gasteiger partial charge in [0.1, 0.15) is 0 Å². The van der Waals surface area contributed by atoms with Crippen LogP contribution in [0.1, 0.15) is 0 Å². The van der Waals surface area contributed by atoms with Crippen molar-refractivity contribution in [3.05, 3.63) is 182 Å². The van der Waals surface area contributed by atoms with Crippen LogP contribution in [-0.4, -0.2) is 10.3 Å². The van der Waals surface area contributed by atoms with Crippen LogP contribution in [0.3, 0.4) is 0 Å². The van der Waals surface area contributed by atoms with E-state index in [1.54, 1.807) is 0 Å².